The molecule has 0 fully saturated rings. The third-order valence-electron chi connectivity index (χ3n) is 2.86. The smallest absolute Gasteiger partial charge is 0.305 e. The molecular formula is C17H26O3. The van der Waals surface area contributed by atoms with Gasteiger partial charge in [-0.2, -0.15) is 0 Å². The molecule has 0 bridgehead atoms. The molecule has 0 aliphatic rings. The van der Waals surface area contributed by atoms with Crippen LogP contribution in [0.15, 0.2) is 36.5 Å². The van der Waals surface area contributed by atoms with Gasteiger partial charge in [-0.25, -0.2) is 0 Å². The summed E-state index contributed by atoms with van der Waals surface area (Å²) >= 11 is 0. The molecule has 3 nitrogen and oxygen atoms in total. The molecule has 0 aromatic heterocycles. The van der Waals surface area contributed by atoms with E-state index in [9.17, 15) is 9.59 Å². The number of methoxy groups -OCH3 is 1. The minimum absolute atomic E-state index is 0.107. The first-order chi connectivity index (χ1) is 9.81. The number of rotatable bonds is 12. The number of allylic oxidation sites excluding steroid dienone is 6. The van der Waals surface area contributed by atoms with Crippen LogP contribution in [0.25, 0.3) is 0 Å². The van der Waals surface area contributed by atoms with Crippen LogP contribution >= 0.6 is 0 Å². The topological polar surface area (TPSA) is 43.4 Å². The first-order valence-electron chi connectivity index (χ1n) is 7.30. The zero-order valence-electron chi connectivity index (χ0n) is 12.4. The van der Waals surface area contributed by atoms with Gasteiger partial charge in [-0.15, -0.1) is 0 Å². The van der Waals surface area contributed by atoms with Crippen molar-refractivity contribution in [3.63, 3.8) is 0 Å². The lowest BCUT2D eigenvalue weighted by Gasteiger charge is -1.99. The van der Waals surface area contributed by atoms with Crippen LogP contribution in [0.4, 0.5) is 0 Å². The Labute approximate surface area is 122 Å². The van der Waals surface area contributed by atoms with E-state index < -0.39 is 0 Å². The summed E-state index contributed by atoms with van der Waals surface area (Å²) in [4.78, 5) is 20.9. The van der Waals surface area contributed by atoms with Crippen LogP contribution in [-0.4, -0.2) is 19.4 Å². The molecule has 0 heterocycles. The van der Waals surface area contributed by atoms with Gasteiger partial charge in [-0.05, 0) is 31.8 Å². The van der Waals surface area contributed by atoms with E-state index in [2.05, 4.69) is 16.9 Å². The van der Waals surface area contributed by atoms with Crippen molar-refractivity contribution in [1.82, 2.24) is 0 Å². The fraction of sp³-hybridized carbons (Fsp3) is 0.529. The summed E-state index contributed by atoms with van der Waals surface area (Å²) in [5.41, 5.74) is 0. The van der Waals surface area contributed by atoms with Crippen molar-refractivity contribution >= 4 is 12.3 Å². The maximum absolute atomic E-state index is 10.9. The summed E-state index contributed by atoms with van der Waals surface area (Å²) in [6, 6.07) is 0. The second-order valence-electron chi connectivity index (χ2n) is 4.54. The molecule has 0 saturated carbocycles. The first kappa shape index (κ1) is 18.4. The van der Waals surface area contributed by atoms with Crippen LogP contribution in [0.1, 0.15) is 51.4 Å². The average molecular weight is 278 g/mol. The van der Waals surface area contributed by atoms with E-state index in [1.807, 2.05) is 12.2 Å². The number of hydrogen-bond acceptors (Lipinski definition) is 3. The Bertz CT molecular complexity index is 327. The molecule has 0 radical (unpaired) electrons. The molecule has 0 N–H and O–H groups in total. The Kier molecular flexibility index (Phi) is 14.2. The molecule has 112 valence electrons. The van der Waals surface area contributed by atoms with Crippen molar-refractivity contribution < 1.29 is 14.3 Å². The van der Waals surface area contributed by atoms with Gasteiger partial charge in [0.05, 0.1) is 7.11 Å². The van der Waals surface area contributed by atoms with Crippen molar-refractivity contribution in [1.29, 1.82) is 0 Å². The minimum atomic E-state index is -0.107. The Morgan fingerprint density at radius 2 is 1.65 bits per heavy atom. The maximum Gasteiger partial charge on any atom is 0.305 e. The van der Waals surface area contributed by atoms with E-state index in [4.69, 9.17) is 0 Å². The van der Waals surface area contributed by atoms with Crippen LogP contribution in [-0.2, 0) is 14.3 Å². The quantitative estimate of drug-likeness (QED) is 0.134. The van der Waals surface area contributed by atoms with Crippen molar-refractivity contribution in [3.05, 3.63) is 36.5 Å². The van der Waals surface area contributed by atoms with Gasteiger partial charge >= 0.3 is 5.97 Å². The lowest BCUT2D eigenvalue weighted by atomic mass is 10.1. The molecule has 0 rings (SSSR count). The SMILES string of the molecule is COC(=O)CCCCCCCC=CCC=CC=CC=O. The second-order valence-corrected chi connectivity index (χ2v) is 4.54. The molecule has 0 atom stereocenters. The Balaban J connectivity index is 3.27. The summed E-state index contributed by atoms with van der Waals surface area (Å²) in [5.74, 6) is -0.107. The molecule has 3 heteroatoms. The highest BCUT2D eigenvalue weighted by atomic mass is 16.5. The highest BCUT2D eigenvalue weighted by Crippen LogP contribution is 2.08. The van der Waals surface area contributed by atoms with Gasteiger partial charge in [0.1, 0.15) is 6.29 Å². The Morgan fingerprint density at radius 1 is 0.900 bits per heavy atom. The van der Waals surface area contributed by atoms with Gasteiger partial charge in [0.15, 0.2) is 0 Å². The predicted octanol–water partition coefficient (Wildman–Crippen LogP) is 4.15. The fourth-order valence-corrected chi connectivity index (χ4v) is 1.72. The second kappa shape index (κ2) is 15.4. The largest absolute Gasteiger partial charge is 0.469 e. The van der Waals surface area contributed by atoms with Gasteiger partial charge in [0.25, 0.3) is 0 Å². The zero-order valence-corrected chi connectivity index (χ0v) is 12.4. The predicted molar refractivity (Wildman–Crippen MR) is 82.4 cm³/mol. The van der Waals surface area contributed by atoms with Gasteiger partial charge in [-0.1, -0.05) is 49.6 Å². The van der Waals surface area contributed by atoms with Crippen molar-refractivity contribution in [2.45, 2.75) is 51.4 Å². The number of esters is 1. The number of unbranched alkanes of at least 4 members (excludes halogenated alkanes) is 5. The number of ether oxygens (including phenoxy) is 1. The third kappa shape index (κ3) is 14.4. The van der Waals surface area contributed by atoms with E-state index in [-0.39, 0.29) is 5.97 Å². The van der Waals surface area contributed by atoms with Crippen LogP contribution in [0, 0.1) is 0 Å². The van der Waals surface area contributed by atoms with Gasteiger partial charge < -0.3 is 4.74 Å². The summed E-state index contributed by atoms with van der Waals surface area (Å²) in [7, 11) is 1.43. The van der Waals surface area contributed by atoms with E-state index >= 15 is 0 Å². The highest BCUT2D eigenvalue weighted by molar-refractivity contribution is 5.68. The molecule has 0 spiro atoms. The first-order valence-corrected chi connectivity index (χ1v) is 7.30. The van der Waals surface area contributed by atoms with E-state index in [0.717, 1.165) is 32.0 Å². The third-order valence-corrected chi connectivity index (χ3v) is 2.86. The molecule has 20 heavy (non-hydrogen) atoms. The number of aldehydes is 1. The normalized spacial score (nSPS) is 11.7. The van der Waals surface area contributed by atoms with Gasteiger partial charge in [-0.3, -0.25) is 9.59 Å². The lowest BCUT2D eigenvalue weighted by molar-refractivity contribution is -0.140. The Morgan fingerprint density at radius 3 is 2.40 bits per heavy atom. The van der Waals surface area contributed by atoms with Crippen molar-refractivity contribution in [3.8, 4) is 0 Å². The number of carbonyl (C=O) groups excluding carboxylic acids is 2. The summed E-state index contributed by atoms with van der Waals surface area (Å²) in [6.07, 6.45) is 20.4. The van der Waals surface area contributed by atoms with E-state index in [1.165, 1.54) is 32.4 Å². The van der Waals surface area contributed by atoms with Crippen molar-refractivity contribution in [2.75, 3.05) is 7.11 Å². The highest BCUT2D eigenvalue weighted by Gasteiger charge is 1.98. The molecule has 0 unspecified atom stereocenters. The average Bonchev–Trinajstić information content (AvgIpc) is 2.47. The van der Waals surface area contributed by atoms with Crippen LogP contribution in [0.3, 0.4) is 0 Å². The zero-order chi connectivity index (χ0) is 14.9. The summed E-state index contributed by atoms with van der Waals surface area (Å²) in [5, 5.41) is 0. The minimum Gasteiger partial charge on any atom is -0.469 e. The fourth-order valence-electron chi connectivity index (χ4n) is 1.72. The van der Waals surface area contributed by atoms with E-state index in [0.29, 0.717) is 6.42 Å². The molecule has 0 aliphatic heterocycles. The van der Waals surface area contributed by atoms with Gasteiger partial charge in [0, 0.05) is 6.42 Å². The molecule has 0 aromatic rings. The monoisotopic (exact) mass is 278 g/mol. The molecular weight excluding hydrogens is 252 g/mol. The van der Waals surface area contributed by atoms with Crippen LogP contribution in [0.2, 0.25) is 0 Å². The van der Waals surface area contributed by atoms with E-state index in [1.54, 1.807) is 6.08 Å². The standard InChI is InChI=1S/C17H26O3/c1-20-17(19)15-13-11-9-7-5-3-2-4-6-8-10-12-14-16-18/h2,4,8,10,12,14,16H,3,5-7,9,11,13,15H2,1H3. The summed E-state index contributed by atoms with van der Waals surface area (Å²) < 4.78 is 4.59. The molecule has 0 amide bonds. The number of hydrogen-bond donors (Lipinski definition) is 0. The molecule has 0 aromatic carbocycles. The number of carbonyl (C=O) groups is 2. The van der Waals surface area contributed by atoms with Crippen molar-refractivity contribution in [2.24, 2.45) is 0 Å². The summed E-state index contributed by atoms with van der Waals surface area (Å²) in [6.45, 7) is 0. The lowest BCUT2D eigenvalue weighted by Crippen LogP contribution is -1.98. The van der Waals surface area contributed by atoms with Crippen LogP contribution < -0.4 is 0 Å². The van der Waals surface area contributed by atoms with Gasteiger partial charge in [0.2, 0.25) is 0 Å². The van der Waals surface area contributed by atoms with Crippen LogP contribution in [0.5, 0.6) is 0 Å². The molecule has 0 saturated heterocycles. The molecule has 0 aliphatic carbocycles. The Hall–Kier alpha value is -1.64. The maximum atomic E-state index is 10.9.